The predicted molar refractivity (Wildman–Crippen MR) is 139 cm³/mol. The van der Waals surface area contributed by atoms with Gasteiger partial charge in [-0.2, -0.15) is 0 Å². The summed E-state index contributed by atoms with van der Waals surface area (Å²) in [6.07, 6.45) is 2.70. The Hall–Kier alpha value is -2.29. The summed E-state index contributed by atoms with van der Waals surface area (Å²) in [6, 6.07) is 13.5. The Morgan fingerprint density at radius 1 is 1.18 bits per heavy atom. The van der Waals surface area contributed by atoms with Crippen LogP contribution in [-0.4, -0.2) is 55.0 Å². The number of pyridine rings is 1. The molecular formula is C26H32N2O4S2. The molecule has 0 spiro atoms. The fraction of sp³-hybridized carbons (Fsp3) is 0.462. The van der Waals surface area contributed by atoms with Gasteiger partial charge in [-0.05, 0) is 66.8 Å². The van der Waals surface area contributed by atoms with Crippen LogP contribution in [0.4, 0.5) is 0 Å². The third-order valence-electron chi connectivity index (χ3n) is 6.65. The molecule has 0 saturated carbocycles. The quantitative estimate of drug-likeness (QED) is 0.296. The highest BCUT2D eigenvalue weighted by molar-refractivity contribution is 8.01. The summed E-state index contributed by atoms with van der Waals surface area (Å²) in [6.45, 7) is 3.33. The summed E-state index contributed by atoms with van der Waals surface area (Å²) in [4.78, 5) is 27.6. The maximum Gasteiger partial charge on any atom is 0.310 e. The van der Waals surface area contributed by atoms with E-state index < -0.39 is 0 Å². The van der Waals surface area contributed by atoms with Crippen molar-refractivity contribution in [2.24, 2.45) is 11.8 Å². The van der Waals surface area contributed by atoms with Crippen LogP contribution in [0.5, 0.6) is 5.75 Å². The molecule has 0 bridgehead atoms. The Labute approximate surface area is 208 Å². The van der Waals surface area contributed by atoms with Crippen LogP contribution in [0.1, 0.15) is 19.3 Å². The van der Waals surface area contributed by atoms with Crippen molar-refractivity contribution < 1.29 is 14.3 Å². The van der Waals surface area contributed by atoms with Gasteiger partial charge in [-0.3, -0.25) is 9.59 Å². The smallest absolute Gasteiger partial charge is 0.310 e. The van der Waals surface area contributed by atoms with Gasteiger partial charge in [0.15, 0.2) is 0 Å². The molecule has 182 valence electrons. The summed E-state index contributed by atoms with van der Waals surface area (Å²) < 4.78 is 13.7. The van der Waals surface area contributed by atoms with Gasteiger partial charge in [0.2, 0.25) is 0 Å². The first kappa shape index (κ1) is 24.8. The van der Waals surface area contributed by atoms with Gasteiger partial charge in [-0.15, -0.1) is 23.1 Å². The highest BCUT2D eigenvalue weighted by Gasteiger charge is 2.34. The Bertz CT molecular complexity index is 1150. The van der Waals surface area contributed by atoms with Gasteiger partial charge in [-0.25, -0.2) is 0 Å². The van der Waals surface area contributed by atoms with Crippen molar-refractivity contribution in [3.63, 3.8) is 0 Å². The largest absolute Gasteiger partial charge is 0.497 e. The minimum absolute atomic E-state index is 0.0108. The lowest BCUT2D eigenvalue weighted by Gasteiger charge is -2.37. The number of likely N-dealkylation sites (tertiary alicyclic amines) is 1. The van der Waals surface area contributed by atoms with Crippen LogP contribution in [0.3, 0.4) is 0 Å². The molecule has 0 amide bonds. The van der Waals surface area contributed by atoms with Crippen molar-refractivity contribution >= 4 is 40.0 Å². The minimum atomic E-state index is -0.118. The number of methoxy groups -OCH3 is 2. The number of hydrogen-bond donors (Lipinski definition) is 0. The summed E-state index contributed by atoms with van der Waals surface area (Å²) in [5.41, 5.74) is 0.873. The predicted octanol–water partition coefficient (Wildman–Crippen LogP) is 4.76. The number of fused-ring (bicyclic) bond motifs is 1. The molecule has 0 aliphatic carbocycles. The van der Waals surface area contributed by atoms with Crippen molar-refractivity contribution in [2.45, 2.75) is 30.0 Å². The van der Waals surface area contributed by atoms with Gasteiger partial charge < -0.3 is 18.9 Å². The molecule has 0 radical (unpaired) electrons. The van der Waals surface area contributed by atoms with E-state index in [1.54, 1.807) is 24.5 Å². The number of thiophene rings is 1. The summed E-state index contributed by atoms with van der Waals surface area (Å²) >= 11 is 3.64. The third kappa shape index (κ3) is 6.03. The van der Waals surface area contributed by atoms with Crippen molar-refractivity contribution in [1.82, 2.24) is 9.47 Å². The number of benzene rings is 1. The van der Waals surface area contributed by atoms with E-state index in [1.807, 2.05) is 40.6 Å². The first-order valence-corrected chi connectivity index (χ1v) is 13.6. The fourth-order valence-corrected chi connectivity index (χ4v) is 6.66. The van der Waals surface area contributed by atoms with Crippen LogP contribution >= 0.6 is 23.1 Å². The molecule has 2 unspecified atom stereocenters. The topological polar surface area (TPSA) is 60.8 Å². The van der Waals surface area contributed by atoms with E-state index in [4.69, 9.17) is 9.47 Å². The standard InChI is InChI=1S/C26H32N2O4S2/c1-31-21-9-7-20-8-10-24(29)28(23(20)17-21)12-3-5-19-11-13-27(18-22(19)26(30)32-2)14-16-34-25-6-4-15-33-25/h4,6-10,15,17,19,22H,3,5,11-14,16,18H2,1-2H3. The summed E-state index contributed by atoms with van der Waals surface area (Å²) in [7, 11) is 3.11. The van der Waals surface area contributed by atoms with E-state index in [9.17, 15) is 9.59 Å². The Kier molecular flexibility index (Phi) is 8.69. The lowest BCUT2D eigenvalue weighted by Crippen LogP contribution is -2.45. The van der Waals surface area contributed by atoms with E-state index in [-0.39, 0.29) is 23.4 Å². The molecule has 3 heterocycles. The average Bonchev–Trinajstić information content (AvgIpc) is 3.38. The van der Waals surface area contributed by atoms with E-state index in [0.717, 1.165) is 61.3 Å². The normalized spacial score (nSPS) is 18.8. The number of carbonyl (C=O) groups is 1. The minimum Gasteiger partial charge on any atom is -0.497 e. The Morgan fingerprint density at radius 2 is 2.03 bits per heavy atom. The SMILES string of the molecule is COC(=O)C1CN(CCSc2cccs2)CCC1CCCn1c(=O)ccc2ccc(OC)cc21. The molecule has 1 aliphatic rings. The molecule has 0 N–H and O–H groups in total. The highest BCUT2D eigenvalue weighted by atomic mass is 32.2. The molecule has 34 heavy (non-hydrogen) atoms. The van der Waals surface area contributed by atoms with E-state index in [0.29, 0.717) is 6.54 Å². The first-order chi connectivity index (χ1) is 16.6. The van der Waals surface area contributed by atoms with E-state index in [2.05, 4.69) is 22.4 Å². The molecule has 6 nitrogen and oxygen atoms in total. The third-order valence-corrected chi connectivity index (χ3v) is 8.76. The molecule has 3 aromatic rings. The second-order valence-electron chi connectivity index (χ2n) is 8.65. The van der Waals surface area contributed by atoms with Gasteiger partial charge in [0.05, 0.1) is 29.9 Å². The van der Waals surface area contributed by atoms with Crippen molar-refractivity contribution in [2.75, 3.05) is 39.6 Å². The number of thioether (sulfide) groups is 1. The molecule has 1 saturated heterocycles. The first-order valence-electron chi connectivity index (χ1n) is 11.7. The average molecular weight is 501 g/mol. The molecular weight excluding hydrogens is 468 g/mol. The van der Waals surface area contributed by atoms with E-state index >= 15 is 0 Å². The second kappa shape index (κ2) is 11.9. The van der Waals surface area contributed by atoms with Gasteiger partial charge in [0, 0.05) is 37.5 Å². The van der Waals surface area contributed by atoms with Crippen LogP contribution in [0.2, 0.25) is 0 Å². The highest BCUT2D eigenvalue weighted by Crippen LogP contribution is 2.30. The van der Waals surface area contributed by atoms with Gasteiger partial charge in [0.25, 0.3) is 5.56 Å². The Balaban J connectivity index is 1.36. The molecule has 1 aromatic carbocycles. The van der Waals surface area contributed by atoms with Crippen LogP contribution in [0, 0.1) is 11.8 Å². The summed E-state index contributed by atoms with van der Waals surface area (Å²) in [5, 5.41) is 3.12. The zero-order valence-corrected chi connectivity index (χ0v) is 21.4. The lowest BCUT2D eigenvalue weighted by atomic mass is 9.82. The maximum absolute atomic E-state index is 12.6. The number of esters is 1. The fourth-order valence-electron chi connectivity index (χ4n) is 4.79. The second-order valence-corrected chi connectivity index (χ2v) is 11.0. The van der Waals surface area contributed by atoms with Crippen LogP contribution in [0.25, 0.3) is 10.9 Å². The number of aryl methyl sites for hydroxylation is 1. The zero-order chi connectivity index (χ0) is 23.9. The number of piperidine rings is 1. The Morgan fingerprint density at radius 3 is 2.79 bits per heavy atom. The van der Waals surface area contributed by atoms with Crippen molar-refractivity contribution in [3.8, 4) is 5.75 Å². The summed E-state index contributed by atoms with van der Waals surface area (Å²) in [5.74, 6) is 1.80. The monoisotopic (exact) mass is 500 g/mol. The molecule has 1 aliphatic heterocycles. The van der Waals surface area contributed by atoms with E-state index in [1.165, 1.54) is 11.3 Å². The lowest BCUT2D eigenvalue weighted by molar-refractivity contribution is -0.150. The number of ether oxygens (including phenoxy) is 2. The molecule has 2 atom stereocenters. The van der Waals surface area contributed by atoms with Crippen molar-refractivity contribution in [3.05, 3.63) is 58.2 Å². The van der Waals surface area contributed by atoms with Crippen molar-refractivity contribution in [1.29, 1.82) is 0 Å². The number of rotatable bonds is 10. The van der Waals surface area contributed by atoms with Crippen LogP contribution < -0.4 is 10.3 Å². The number of carbonyl (C=O) groups excluding carboxylic acids is 1. The molecule has 1 fully saturated rings. The molecule has 8 heteroatoms. The zero-order valence-electron chi connectivity index (χ0n) is 19.8. The van der Waals surface area contributed by atoms with Crippen LogP contribution in [-0.2, 0) is 16.1 Å². The van der Waals surface area contributed by atoms with Crippen LogP contribution in [0.15, 0.2) is 56.8 Å². The molecule has 2 aromatic heterocycles. The maximum atomic E-state index is 12.6. The number of nitrogens with zero attached hydrogens (tertiary/aromatic N) is 2. The number of aromatic nitrogens is 1. The van der Waals surface area contributed by atoms with Gasteiger partial charge in [0.1, 0.15) is 5.75 Å². The molecule has 4 rings (SSSR count). The van der Waals surface area contributed by atoms with Gasteiger partial charge in [-0.1, -0.05) is 6.07 Å². The number of hydrogen-bond acceptors (Lipinski definition) is 7. The van der Waals surface area contributed by atoms with Gasteiger partial charge >= 0.3 is 5.97 Å².